The maximum Gasteiger partial charge on any atom is 0.263 e. The molecule has 7 nitrogen and oxygen atoms in total. The first-order valence-electron chi connectivity index (χ1n) is 7.80. The van der Waals surface area contributed by atoms with E-state index in [1.54, 1.807) is 11.3 Å². The number of amides is 1. The summed E-state index contributed by atoms with van der Waals surface area (Å²) in [4.78, 5) is 46.9. The molecule has 0 aliphatic heterocycles. The predicted octanol–water partition coefficient (Wildman–Crippen LogP) is 3.48. The Kier molecular flexibility index (Phi) is 4.68. The highest BCUT2D eigenvalue weighted by Gasteiger charge is 2.16. The number of nitrogens with zero attached hydrogens (tertiary/aromatic N) is 3. The minimum atomic E-state index is -0.407. The Hall–Kier alpha value is -2.69. The third kappa shape index (κ3) is 3.46. The van der Waals surface area contributed by atoms with Crippen LogP contribution in [-0.4, -0.2) is 26.2 Å². The van der Waals surface area contributed by atoms with Gasteiger partial charge in [-0.3, -0.25) is 19.0 Å². The quantitative estimate of drug-likeness (QED) is 0.503. The van der Waals surface area contributed by atoms with E-state index < -0.39 is 5.91 Å². The first-order chi connectivity index (χ1) is 13.0. The molecule has 4 aromatic heterocycles. The van der Waals surface area contributed by atoms with Crippen LogP contribution in [0.2, 0.25) is 0 Å². The first-order valence-corrected chi connectivity index (χ1v) is 10.4. The van der Waals surface area contributed by atoms with E-state index in [1.165, 1.54) is 35.4 Å². The van der Waals surface area contributed by atoms with Gasteiger partial charge in [-0.25, -0.2) is 9.97 Å². The highest BCUT2D eigenvalue weighted by Crippen LogP contribution is 2.33. The molecule has 27 heavy (non-hydrogen) atoms. The van der Waals surface area contributed by atoms with Gasteiger partial charge >= 0.3 is 0 Å². The van der Waals surface area contributed by atoms with Gasteiger partial charge in [0.15, 0.2) is 10.9 Å². The zero-order valence-corrected chi connectivity index (χ0v) is 16.4. The summed E-state index contributed by atoms with van der Waals surface area (Å²) < 4.78 is 1.28. The number of Topliss-reactive ketones (excluding diaryl/α,β-unsaturated/α-hetero) is 1. The summed E-state index contributed by atoms with van der Waals surface area (Å²) in [6.45, 7) is 1.25. The normalized spacial score (nSPS) is 11.0. The van der Waals surface area contributed by atoms with Crippen LogP contribution in [0, 0.1) is 0 Å². The number of hydrogen-bond acceptors (Lipinski definition) is 8. The van der Waals surface area contributed by atoms with Gasteiger partial charge in [0.1, 0.15) is 11.4 Å². The second-order valence-electron chi connectivity index (χ2n) is 5.62. The standard InChI is InChI=1S/C17H12N4O3S3/c1-9(22)12-5-18-17(27-12)20-13(23)6-21-8-19-15-14(16(21)24)10(7-26-15)11-3-2-4-25-11/h2-5,7-8H,6H2,1H3,(H,18,20,23). The van der Waals surface area contributed by atoms with Crippen molar-refractivity contribution in [2.24, 2.45) is 0 Å². The summed E-state index contributed by atoms with van der Waals surface area (Å²) in [5.41, 5.74) is 0.576. The van der Waals surface area contributed by atoms with Gasteiger partial charge < -0.3 is 5.32 Å². The van der Waals surface area contributed by atoms with Crippen LogP contribution in [0.5, 0.6) is 0 Å². The lowest BCUT2D eigenvalue weighted by Crippen LogP contribution is -2.27. The van der Waals surface area contributed by atoms with E-state index in [-0.39, 0.29) is 17.9 Å². The monoisotopic (exact) mass is 416 g/mol. The topological polar surface area (TPSA) is 93.9 Å². The molecule has 0 atom stereocenters. The Bertz CT molecular complexity index is 1200. The van der Waals surface area contributed by atoms with Crippen molar-refractivity contribution in [3.05, 3.63) is 50.6 Å². The second-order valence-corrected chi connectivity index (χ2v) is 8.45. The van der Waals surface area contributed by atoms with Crippen molar-refractivity contribution < 1.29 is 9.59 Å². The minimum Gasteiger partial charge on any atom is -0.300 e. The fourth-order valence-electron chi connectivity index (χ4n) is 2.50. The number of anilines is 1. The SMILES string of the molecule is CC(=O)c1cnc(NC(=O)Cn2cnc3scc(-c4cccs4)c3c2=O)s1. The van der Waals surface area contributed by atoms with E-state index >= 15 is 0 Å². The Morgan fingerprint density at radius 2 is 2.11 bits per heavy atom. The second kappa shape index (κ2) is 7.14. The fourth-order valence-corrected chi connectivity index (χ4v) is 4.95. The summed E-state index contributed by atoms with van der Waals surface area (Å²) in [5.74, 6) is -0.520. The molecular weight excluding hydrogens is 404 g/mol. The van der Waals surface area contributed by atoms with E-state index in [0.717, 1.165) is 21.8 Å². The van der Waals surface area contributed by atoms with E-state index in [9.17, 15) is 14.4 Å². The third-order valence-electron chi connectivity index (χ3n) is 3.76. The van der Waals surface area contributed by atoms with E-state index in [2.05, 4.69) is 15.3 Å². The van der Waals surface area contributed by atoms with E-state index in [1.807, 2.05) is 22.9 Å². The van der Waals surface area contributed by atoms with Gasteiger partial charge in [0, 0.05) is 22.7 Å². The highest BCUT2D eigenvalue weighted by molar-refractivity contribution is 7.18. The Labute approximate surface area is 165 Å². The maximum absolute atomic E-state index is 12.9. The van der Waals surface area contributed by atoms with Crippen molar-refractivity contribution >= 4 is 61.0 Å². The number of thiophene rings is 2. The molecule has 0 saturated carbocycles. The van der Waals surface area contributed by atoms with Crippen LogP contribution in [0.1, 0.15) is 16.6 Å². The van der Waals surface area contributed by atoms with E-state index in [4.69, 9.17) is 0 Å². The molecule has 4 aromatic rings. The largest absolute Gasteiger partial charge is 0.300 e. The van der Waals surface area contributed by atoms with Gasteiger partial charge in [-0.15, -0.1) is 22.7 Å². The highest BCUT2D eigenvalue weighted by atomic mass is 32.1. The molecule has 0 aliphatic rings. The number of rotatable bonds is 5. The summed E-state index contributed by atoms with van der Waals surface area (Å²) in [7, 11) is 0. The molecule has 10 heteroatoms. The van der Waals surface area contributed by atoms with Gasteiger partial charge in [-0.2, -0.15) is 0 Å². The van der Waals surface area contributed by atoms with Crippen molar-refractivity contribution in [2.45, 2.75) is 13.5 Å². The molecule has 0 aromatic carbocycles. The lowest BCUT2D eigenvalue weighted by Gasteiger charge is -2.05. The van der Waals surface area contributed by atoms with Crippen molar-refractivity contribution in [3.8, 4) is 10.4 Å². The summed E-state index contributed by atoms with van der Waals surface area (Å²) >= 11 is 4.05. The zero-order valence-electron chi connectivity index (χ0n) is 14.0. The predicted molar refractivity (Wildman–Crippen MR) is 108 cm³/mol. The third-order valence-corrected chi connectivity index (χ3v) is 6.56. The molecule has 0 saturated heterocycles. The van der Waals surface area contributed by atoms with Crippen LogP contribution in [0.25, 0.3) is 20.7 Å². The average molecular weight is 417 g/mol. The molecular formula is C17H12N4O3S3. The van der Waals surface area contributed by atoms with Crippen molar-refractivity contribution in [1.82, 2.24) is 14.5 Å². The molecule has 0 fully saturated rings. The minimum absolute atomic E-state index is 0.113. The van der Waals surface area contributed by atoms with Gasteiger partial charge in [0.25, 0.3) is 5.56 Å². The van der Waals surface area contributed by atoms with Gasteiger partial charge in [-0.05, 0) is 11.4 Å². The molecule has 4 rings (SSSR count). The number of carbonyl (C=O) groups is 2. The lowest BCUT2D eigenvalue weighted by atomic mass is 10.2. The zero-order chi connectivity index (χ0) is 19.0. The summed E-state index contributed by atoms with van der Waals surface area (Å²) in [6.07, 6.45) is 2.79. The number of hydrogen-bond donors (Lipinski definition) is 1. The number of carbonyl (C=O) groups excluding carboxylic acids is 2. The molecule has 1 amide bonds. The molecule has 136 valence electrons. The molecule has 0 radical (unpaired) electrons. The Morgan fingerprint density at radius 1 is 1.26 bits per heavy atom. The number of aromatic nitrogens is 3. The first kappa shape index (κ1) is 17.7. The van der Waals surface area contributed by atoms with Crippen LogP contribution in [0.4, 0.5) is 5.13 Å². The Morgan fingerprint density at radius 3 is 2.81 bits per heavy atom. The van der Waals surface area contributed by atoms with Gasteiger partial charge in [0.05, 0.1) is 22.8 Å². The summed E-state index contributed by atoms with van der Waals surface area (Å²) in [5, 5.41) is 7.31. The summed E-state index contributed by atoms with van der Waals surface area (Å²) in [6, 6.07) is 3.87. The Balaban J connectivity index is 1.61. The molecule has 0 unspecified atom stereocenters. The number of nitrogens with one attached hydrogen (secondary N) is 1. The average Bonchev–Trinajstić information content (AvgIpc) is 3.36. The number of ketones is 1. The number of thiazole rings is 1. The molecule has 4 heterocycles. The smallest absolute Gasteiger partial charge is 0.263 e. The molecule has 1 N–H and O–H groups in total. The van der Waals surface area contributed by atoms with Gasteiger partial charge in [-0.1, -0.05) is 17.4 Å². The van der Waals surface area contributed by atoms with E-state index in [0.29, 0.717) is 20.2 Å². The lowest BCUT2D eigenvalue weighted by molar-refractivity contribution is -0.116. The molecule has 0 bridgehead atoms. The molecule has 0 spiro atoms. The van der Waals surface area contributed by atoms with Crippen molar-refractivity contribution in [2.75, 3.05) is 5.32 Å². The van der Waals surface area contributed by atoms with Gasteiger partial charge in [0.2, 0.25) is 5.91 Å². The molecule has 0 aliphatic carbocycles. The van der Waals surface area contributed by atoms with Crippen molar-refractivity contribution in [3.63, 3.8) is 0 Å². The van der Waals surface area contributed by atoms with Crippen molar-refractivity contribution in [1.29, 1.82) is 0 Å². The van der Waals surface area contributed by atoms with Crippen LogP contribution < -0.4 is 10.9 Å². The maximum atomic E-state index is 12.9. The van der Waals surface area contributed by atoms with Crippen LogP contribution in [0.15, 0.2) is 40.2 Å². The van der Waals surface area contributed by atoms with Crippen LogP contribution in [-0.2, 0) is 11.3 Å². The fraction of sp³-hybridized carbons (Fsp3) is 0.118. The van der Waals surface area contributed by atoms with Crippen LogP contribution in [0.3, 0.4) is 0 Å². The number of fused-ring (bicyclic) bond motifs is 1. The van der Waals surface area contributed by atoms with Crippen LogP contribution >= 0.6 is 34.0 Å².